The van der Waals surface area contributed by atoms with E-state index in [9.17, 15) is 9.18 Å². The molecule has 1 aliphatic rings. The minimum absolute atomic E-state index is 0.0357. The van der Waals surface area contributed by atoms with Gasteiger partial charge in [-0.3, -0.25) is 4.79 Å². The molecule has 0 unspecified atom stereocenters. The van der Waals surface area contributed by atoms with Gasteiger partial charge in [0.25, 0.3) is 6.01 Å². The van der Waals surface area contributed by atoms with E-state index >= 15 is 0 Å². The molecule has 3 heterocycles. The Morgan fingerprint density at radius 1 is 1.19 bits per heavy atom. The van der Waals surface area contributed by atoms with Crippen molar-refractivity contribution in [2.75, 3.05) is 18.0 Å². The van der Waals surface area contributed by atoms with Crippen LogP contribution in [0.5, 0.6) is 0 Å². The second-order valence-corrected chi connectivity index (χ2v) is 6.88. The number of carbonyl (C=O) groups excluding carboxylic acids is 1. The number of halogens is 1. The molecular weight excluding hydrogens is 347 g/mol. The fourth-order valence-electron chi connectivity index (χ4n) is 3.31. The lowest BCUT2D eigenvalue weighted by atomic mass is 9.96. The molecule has 140 valence electrons. The van der Waals surface area contributed by atoms with Crippen molar-refractivity contribution in [3.8, 4) is 0 Å². The minimum Gasteiger partial charge on any atom is -0.422 e. The zero-order chi connectivity index (χ0) is 18.8. The van der Waals surface area contributed by atoms with Crippen LogP contribution in [0.1, 0.15) is 24.1 Å². The van der Waals surface area contributed by atoms with Crippen LogP contribution in [0.4, 0.5) is 10.4 Å². The zero-order valence-electron chi connectivity index (χ0n) is 15.1. The molecule has 1 saturated heterocycles. The van der Waals surface area contributed by atoms with Gasteiger partial charge in [-0.1, -0.05) is 12.1 Å². The van der Waals surface area contributed by atoms with Crippen molar-refractivity contribution in [2.24, 2.45) is 5.92 Å². The molecular formula is C20H21FN4O2. The number of benzene rings is 1. The van der Waals surface area contributed by atoms with E-state index in [1.807, 2.05) is 19.1 Å². The van der Waals surface area contributed by atoms with Gasteiger partial charge in [0.05, 0.1) is 0 Å². The highest BCUT2D eigenvalue weighted by molar-refractivity contribution is 5.79. The summed E-state index contributed by atoms with van der Waals surface area (Å²) in [6.45, 7) is 3.75. The van der Waals surface area contributed by atoms with Gasteiger partial charge in [-0.15, -0.1) is 0 Å². The number of aromatic nitrogens is 2. The fraction of sp³-hybridized carbons (Fsp3) is 0.350. The molecule has 0 radical (unpaired) electrons. The van der Waals surface area contributed by atoms with Gasteiger partial charge in [-0.25, -0.2) is 9.37 Å². The molecule has 1 amide bonds. The molecule has 1 aromatic carbocycles. The molecule has 0 atom stereocenters. The number of piperidine rings is 1. The molecule has 7 heteroatoms. The Kier molecular flexibility index (Phi) is 4.75. The van der Waals surface area contributed by atoms with Crippen molar-refractivity contribution in [1.29, 1.82) is 0 Å². The van der Waals surface area contributed by atoms with Crippen molar-refractivity contribution in [1.82, 2.24) is 15.3 Å². The molecule has 2 aromatic heterocycles. The molecule has 0 saturated carbocycles. The third-order valence-corrected chi connectivity index (χ3v) is 4.90. The smallest absolute Gasteiger partial charge is 0.299 e. The van der Waals surface area contributed by atoms with Crippen LogP contribution in [-0.2, 0) is 11.3 Å². The predicted octanol–water partition coefficient (Wildman–Crippen LogP) is 3.20. The molecule has 0 spiro atoms. The van der Waals surface area contributed by atoms with Gasteiger partial charge in [-0.05, 0) is 49.6 Å². The lowest BCUT2D eigenvalue weighted by molar-refractivity contribution is -0.125. The molecule has 1 N–H and O–H groups in total. The maximum absolute atomic E-state index is 12.9. The number of pyridine rings is 1. The van der Waals surface area contributed by atoms with E-state index in [0.717, 1.165) is 24.1 Å². The number of hydrogen-bond acceptors (Lipinski definition) is 5. The summed E-state index contributed by atoms with van der Waals surface area (Å²) >= 11 is 0. The van der Waals surface area contributed by atoms with Crippen LogP contribution in [-0.4, -0.2) is 29.0 Å². The minimum atomic E-state index is -0.276. The Hall–Kier alpha value is -2.96. The number of anilines is 1. The van der Waals surface area contributed by atoms with Gasteiger partial charge in [0, 0.05) is 31.2 Å². The first-order valence-corrected chi connectivity index (χ1v) is 9.10. The number of rotatable bonds is 4. The third kappa shape index (κ3) is 3.92. The highest BCUT2D eigenvalue weighted by atomic mass is 19.1. The van der Waals surface area contributed by atoms with Crippen LogP contribution >= 0.6 is 0 Å². The maximum Gasteiger partial charge on any atom is 0.299 e. The van der Waals surface area contributed by atoms with Crippen LogP contribution in [0.15, 0.2) is 40.8 Å². The van der Waals surface area contributed by atoms with Crippen LogP contribution in [0, 0.1) is 18.7 Å². The Morgan fingerprint density at radius 2 is 1.93 bits per heavy atom. The van der Waals surface area contributed by atoms with Gasteiger partial charge >= 0.3 is 0 Å². The Balaban J connectivity index is 1.32. The number of nitrogens with zero attached hydrogens (tertiary/aromatic N) is 3. The van der Waals surface area contributed by atoms with Crippen LogP contribution < -0.4 is 10.2 Å². The third-order valence-electron chi connectivity index (χ3n) is 4.90. The highest BCUT2D eigenvalue weighted by Gasteiger charge is 2.27. The number of fused-ring (bicyclic) bond motifs is 1. The highest BCUT2D eigenvalue weighted by Crippen LogP contribution is 2.26. The summed E-state index contributed by atoms with van der Waals surface area (Å²) in [4.78, 5) is 23.3. The standard InChI is InChI=1S/C20H21FN4O2/c1-13-2-7-17-18(23-13)24-20(27-17)25-10-8-15(9-11-25)19(26)22-12-14-3-5-16(21)6-4-14/h2-7,15H,8-12H2,1H3,(H,22,26). The number of aryl methyl sites for hydroxylation is 1. The van der Waals surface area contributed by atoms with E-state index in [0.29, 0.717) is 36.9 Å². The molecule has 0 bridgehead atoms. The topological polar surface area (TPSA) is 71.3 Å². The largest absolute Gasteiger partial charge is 0.422 e. The van der Waals surface area contributed by atoms with Crippen molar-refractivity contribution in [3.05, 3.63) is 53.5 Å². The second kappa shape index (κ2) is 7.34. The van der Waals surface area contributed by atoms with Crippen LogP contribution in [0.3, 0.4) is 0 Å². The summed E-state index contributed by atoms with van der Waals surface area (Å²) in [5.74, 6) is -0.276. The number of oxazole rings is 1. The van der Waals surface area contributed by atoms with Gasteiger partial charge in [0.1, 0.15) is 5.82 Å². The first-order chi connectivity index (χ1) is 13.1. The number of nitrogens with one attached hydrogen (secondary N) is 1. The lowest BCUT2D eigenvalue weighted by Gasteiger charge is -2.30. The molecule has 6 nitrogen and oxygen atoms in total. The monoisotopic (exact) mass is 368 g/mol. The van der Waals surface area contributed by atoms with E-state index in [1.54, 1.807) is 12.1 Å². The summed E-state index contributed by atoms with van der Waals surface area (Å²) in [5.41, 5.74) is 3.08. The zero-order valence-corrected chi connectivity index (χ0v) is 15.1. The molecule has 1 fully saturated rings. The van der Waals surface area contributed by atoms with Crippen LogP contribution in [0.25, 0.3) is 11.2 Å². The van der Waals surface area contributed by atoms with Gasteiger partial charge in [0.2, 0.25) is 11.6 Å². The van der Waals surface area contributed by atoms with E-state index in [-0.39, 0.29) is 17.6 Å². The maximum atomic E-state index is 12.9. The van der Waals surface area contributed by atoms with Gasteiger partial charge in [-0.2, -0.15) is 4.98 Å². The molecule has 4 rings (SSSR count). The number of hydrogen-bond donors (Lipinski definition) is 1. The van der Waals surface area contributed by atoms with Crippen molar-refractivity contribution in [2.45, 2.75) is 26.3 Å². The molecule has 0 aliphatic carbocycles. The Morgan fingerprint density at radius 3 is 2.67 bits per heavy atom. The average Bonchev–Trinajstić information content (AvgIpc) is 3.10. The molecule has 1 aliphatic heterocycles. The van der Waals surface area contributed by atoms with Crippen molar-refractivity contribution >= 4 is 23.2 Å². The van der Waals surface area contributed by atoms with Gasteiger partial charge < -0.3 is 14.6 Å². The first kappa shape index (κ1) is 17.5. The van der Waals surface area contributed by atoms with Crippen LogP contribution in [0.2, 0.25) is 0 Å². The SMILES string of the molecule is Cc1ccc2oc(N3CCC(C(=O)NCc4ccc(F)cc4)CC3)nc2n1. The first-order valence-electron chi connectivity index (χ1n) is 9.10. The summed E-state index contributed by atoms with van der Waals surface area (Å²) < 4.78 is 18.7. The number of carbonyl (C=O) groups is 1. The quantitative estimate of drug-likeness (QED) is 0.766. The van der Waals surface area contributed by atoms with Crippen molar-refractivity contribution in [3.63, 3.8) is 0 Å². The fourth-order valence-corrected chi connectivity index (χ4v) is 3.31. The summed E-state index contributed by atoms with van der Waals surface area (Å²) in [5, 5.41) is 2.94. The predicted molar refractivity (Wildman–Crippen MR) is 99.7 cm³/mol. The number of amides is 1. The Bertz CT molecular complexity index is 946. The van der Waals surface area contributed by atoms with E-state index in [2.05, 4.69) is 20.2 Å². The Labute approximate surface area is 156 Å². The molecule has 3 aromatic rings. The van der Waals surface area contributed by atoms with E-state index in [1.165, 1.54) is 12.1 Å². The average molecular weight is 368 g/mol. The summed E-state index contributed by atoms with van der Waals surface area (Å²) in [6, 6.07) is 10.5. The molecule has 27 heavy (non-hydrogen) atoms. The van der Waals surface area contributed by atoms with Gasteiger partial charge in [0.15, 0.2) is 5.58 Å². The normalized spacial score (nSPS) is 15.3. The van der Waals surface area contributed by atoms with E-state index < -0.39 is 0 Å². The van der Waals surface area contributed by atoms with E-state index in [4.69, 9.17) is 4.42 Å². The summed E-state index contributed by atoms with van der Waals surface area (Å²) in [7, 11) is 0. The second-order valence-electron chi connectivity index (χ2n) is 6.88. The van der Waals surface area contributed by atoms with Crippen molar-refractivity contribution < 1.29 is 13.6 Å². The lowest BCUT2D eigenvalue weighted by Crippen LogP contribution is -2.40. The summed E-state index contributed by atoms with van der Waals surface area (Å²) in [6.07, 6.45) is 1.47.